The quantitative estimate of drug-likeness (QED) is 0.815. The molecule has 0 unspecified atom stereocenters. The van der Waals surface area contributed by atoms with E-state index in [2.05, 4.69) is 36.3 Å². The van der Waals surface area contributed by atoms with Crippen LogP contribution < -0.4 is 10.1 Å². The number of carbonyl (C=O) groups is 1. The van der Waals surface area contributed by atoms with Crippen LogP contribution in [-0.4, -0.2) is 28.6 Å². The van der Waals surface area contributed by atoms with Crippen molar-refractivity contribution in [2.45, 2.75) is 32.7 Å². The third kappa shape index (κ3) is 5.24. The van der Waals surface area contributed by atoms with E-state index in [9.17, 15) is 4.79 Å². The number of hydrogen-bond donors (Lipinski definition) is 1. The fourth-order valence-electron chi connectivity index (χ4n) is 2.04. The van der Waals surface area contributed by atoms with Crippen molar-refractivity contribution in [3.8, 4) is 5.75 Å². The first kappa shape index (κ1) is 16.1. The minimum Gasteiger partial charge on any atom is -0.493 e. The first-order valence-electron chi connectivity index (χ1n) is 7.60. The molecule has 5 heteroatoms. The maximum absolute atomic E-state index is 11.7. The molecule has 22 heavy (non-hydrogen) atoms. The molecule has 1 N–H and O–H groups in total. The molecule has 0 fully saturated rings. The molecule has 0 atom stereocenters. The van der Waals surface area contributed by atoms with Crippen LogP contribution in [0.15, 0.2) is 43.0 Å². The van der Waals surface area contributed by atoms with Gasteiger partial charge in [0.2, 0.25) is 5.91 Å². The summed E-state index contributed by atoms with van der Waals surface area (Å²) in [6.45, 7) is 6.02. The van der Waals surface area contributed by atoms with Crippen LogP contribution in [0, 0.1) is 0 Å². The van der Waals surface area contributed by atoms with E-state index in [1.54, 1.807) is 12.5 Å². The fourth-order valence-corrected chi connectivity index (χ4v) is 2.04. The molecule has 2 rings (SSSR count). The number of carbonyl (C=O) groups excluding carboxylic acids is 1. The second-order valence-electron chi connectivity index (χ2n) is 5.47. The van der Waals surface area contributed by atoms with Crippen LogP contribution in [0.4, 0.5) is 0 Å². The summed E-state index contributed by atoms with van der Waals surface area (Å²) in [6, 6.07) is 8.02. The van der Waals surface area contributed by atoms with Gasteiger partial charge in [0, 0.05) is 25.5 Å². The molecule has 1 heterocycles. The molecule has 0 aliphatic carbocycles. The third-order valence-electron chi connectivity index (χ3n) is 3.40. The van der Waals surface area contributed by atoms with E-state index in [1.807, 2.05) is 22.9 Å². The summed E-state index contributed by atoms with van der Waals surface area (Å²) in [7, 11) is 0. The minimum absolute atomic E-state index is 0.00100. The Balaban J connectivity index is 1.62. The van der Waals surface area contributed by atoms with Gasteiger partial charge in [-0.3, -0.25) is 4.79 Å². The molecular formula is C17H23N3O2. The second kappa shape index (κ2) is 8.22. The lowest BCUT2D eigenvalue weighted by molar-refractivity contribution is -0.121. The number of nitrogens with zero attached hydrogens (tertiary/aromatic N) is 2. The topological polar surface area (TPSA) is 56.1 Å². The number of nitrogens with one attached hydrogen (secondary N) is 1. The van der Waals surface area contributed by atoms with Gasteiger partial charge in [-0.2, -0.15) is 0 Å². The third-order valence-corrected chi connectivity index (χ3v) is 3.40. The molecular weight excluding hydrogens is 278 g/mol. The molecule has 0 aliphatic heterocycles. The van der Waals surface area contributed by atoms with Crippen LogP contribution in [0.25, 0.3) is 0 Å². The highest BCUT2D eigenvalue weighted by Gasteiger charge is 2.03. The Kier molecular flexibility index (Phi) is 6.01. The minimum atomic E-state index is -0.00100. The van der Waals surface area contributed by atoms with E-state index in [0.29, 0.717) is 25.5 Å². The van der Waals surface area contributed by atoms with Gasteiger partial charge in [0.05, 0.1) is 19.4 Å². The second-order valence-corrected chi connectivity index (χ2v) is 5.47. The molecule has 5 nitrogen and oxygen atoms in total. The van der Waals surface area contributed by atoms with Gasteiger partial charge in [-0.25, -0.2) is 4.98 Å². The van der Waals surface area contributed by atoms with E-state index in [4.69, 9.17) is 4.74 Å². The van der Waals surface area contributed by atoms with E-state index >= 15 is 0 Å². The Morgan fingerprint density at radius 2 is 2.09 bits per heavy atom. The Hall–Kier alpha value is -2.30. The maximum Gasteiger partial charge on any atom is 0.223 e. The zero-order valence-corrected chi connectivity index (χ0v) is 13.2. The van der Waals surface area contributed by atoms with E-state index in [1.165, 1.54) is 5.56 Å². The summed E-state index contributed by atoms with van der Waals surface area (Å²) in [4.78, 5) is 15.6. The van der Waals surface area contributed by atoms with E-state index in [-0.39, 0.29) is 5.91 Å². The van der Waals surface area contributed by atoms with Crippen LogP contribution in [0.1, 0.15) is 31.7 Å². The molecule has 0 spiro atoms. The summed E-state index contributed by atoms with van der Waals surface area (Å²) < 4.78 is 7.51. The van der Waals surface area contributed by atoms with Crippen molar-refractivity contribution in [1.29, 1.82) is 0 Å². The number of aromatic nitrogens is 2. The molecule has 1 aromatic carbocycles. The summed E-state index contributed by atoms with van der Waals surface area (Å²) in [5.74, 6) is 1.31. The fraction of sp³-hybridized carbons (Fsp3) is 0.412. The van der Waals surface area contributed by atoms with Crippen LogP contribution >= 0.6 is 0 Å². The molecule has 0 bridgehead atoms. The number of benzene rings is 1. The Morgan fingerprint density at radius 3 is 2.73 bits per heavy atom. The van der Waals surface area contributed by atoms with Crippen molar-refractivity contribution in [3.05, 3.63) is 48.5 Å². The van der Waals surface area contributed by atoms with Gasteiger partial charge in [0.1, 0.15) is 5.75 Å². The van der Waals surface area contributed by atoms with Crippen LogP contribution in [0.2, 0.25) is 0 Å². The Bertz CT molecular complexity index is 562. The molecule has 0 saturated heterocycles. The summed E-state index contributed by atoms with van der Waals surface area (Å²) in [5, 5.41) is 2.86. The zero-order valence-electron chi connectivity index (χ0n) is 13.2. The summed E-state index contributed by atoms with van der Waals surface area (Å²) >= 11 is 0. The lowest BCUT2D eigenvalue weighted by atomic mass is 10.0. The number of rotatable bonds is 8. The van der Waals surface area contributed by atoms with Crippen molar-refractivity contribution in [3.63, 3.8) is 0 Å². The van der Waals surface area contributed by atoms with Crippen molar-refractivity contribution in [2.24, 2.45) is 0 Å². The van der Waals surface area contributed by atoms with Gasteiger partial charge in [0.25, 0.3) is 0 Å². The van der Waals surface area contributed by atoms with Crippen LogP contribution in [0.5, 0.6) is 5.75 Å². The van der Waals surface area contributed by atoms with Gasteiger partial charge in [-0.1, -0.05) is 26.0 Å². The molecule has 0 saturated carbocycles. The highest BCUT2D eigenvalue weighted by molar-refractivity contribution is 5.75. The normalized spacial score (nSPS) is 10.7. The summed E-state index contributed by atoms with van der Waals surface area (Å²) in [6.07, 6.45) is 5.68. The predicted octanol–water partition coefficient (Wildman–Crippen LogP) is 2.59. The number of hydrogen-bond acceptors (Lipinski definition) is 3. The lowest BCUT2D eigenvalue weighted by Gasteiger charge is -2.09. The SMILES string of the molecule is CC(C)c1ccc(OCCC(=O)NCCn2ccnc2)cc1. The highest BCUT2D eigenvalue weighted by Crippen LogP contribution is 2.18. The van der Waals surface area contributed by atoms with Gasteiger partial charge < -0.3 is 14.6 Å². The Morgan fingerprint density at radius 1 is 1.32 bits per heavy atom. The van der Waals surface area contributed by atoms with Crippen molar-refractivity contribution >= 4 is 5.91 Å². The molecule has 118 valence electrons. The number of amides is 1. The van der Waals surface area contributed by atoms with Crippen molar-refractivity contribution in [1.82, 2.24) is 14.9 Å². The smallest absolute Gasteiger partial charge is 0.223 e. The standard InChI is InChI=1S/C17H23N3O2/c1-14(2)15-3-5-16(6-4-15)22-12-7-17(21)19-9-11-20-10-8-18-13-20/h3-6,8,10,13-14H,7,9,11-12H2,1-2H3,(H,19,21). The van der Waals surface area contributed by atoms with Crippen LogP contribution in [-0.2, 0) is 11.3 Å². The maximum atomic E-state index is 11.7. The van der Waals surface area contributed by atoms with Gasteiger partial charge >= 0.3 is 0 Å². The molecule has 1 aromatic heterocycles. The van der Waals surface area contributed by atoms with Gasteiger partial charge in [-0.05, 0) is 23.6 Å². The largest absolute Gasteiger partial charge is 0.493 e. The van der Waals surface area contributed by atoms with Gasteiger partial charge in [-0.15, -0.1) is 0 Å². The van der Waals surface area contributed by atoms with Crippen LogP contribution in [0.3, 0.4) is 0 Å². The molecule has 1 amide bonds. The molecule has 0 radical (unpaired) electrons. The first-order chi connectivity index (χ1) is 10.6. The molecule has 2 aromatic rings. The monoisotopic (exact) mass is 301 g/mol. The van der Waals surface area contributed by atoms with E-state index in [0.717, 1.165) is 12.3 Å². The number of imidazole rings is 1. The van der Waals surface area contributed by atoms with Gasteiger partial charge in [0.15, 0.2) is 0 Å². The molecule has 0 aliphatic rings. The Labute approximate surface area is 131 Å². The van der Waals surface area contributed by atoms with Crippen molar-refractivity contribution < 1.29 is 9.53 Å². The highest BCUT2D eigenvalue weighted by atomic mass is 16.5. The average molecular weight is 301 g/mol. The summed E-state index contributed by atoms with van der Waals surface area (Å²) in [5.41, 5.74) is 1.28. The lowest BCUT2D eigenvalue weighted by Crippen LogP contribution is -2.28. The predicted molar refractivity (Wildman–Crippen MR) is 85.9 cm³/mol. The first-order valence-corrected chi connectivity index (χ1v) is 7.60. The van der Waals surface area contributed by atoms with E-state index < -0.39 is 0 Å². The van der Waals surface area contributed by atoms with Crippen molar-refractivity contribution in [2.75, 3.05) is 13.2 Å². The number of ether oxygens (including phenoxy) is 1. The average Bonchev–Trinajstić information content (AvgIpc) is 3.01. The zero-order chi connectivity index (χ0) is 15.8.